The summed E-state index contributed by atoms with van der Waals surface area (Å²) in [6, 6.07) is 2.73. The van der Waals surface area contributed by atoms with E-state index in [1.54, 1.807) is 11.8 Å². The molecule has 10 heteroatoms. The van der Waals surface area contributed by atoms with E-state index in [-0.39, 0.29) is 17.5 Å². The first-order valence-corrected chi connectivity index (χ1v) is 9.89. The van der Waals surface area contributed by atoms with Crippen LogP contribution >= 0.6 is 11.8 Å². The van der Waals surface area contributed by atoms with E-state index in [1.165, 1.54) is 6.07 Å². The van der Waals surface area contributed by atoms with Crippen molar-refractivity contribution in [3.63, 3.8) is 0 Å². The molecule has 2 atom stereocenters. The summed E-state index contributed by atoms with van der Waals surface area (Å²) in [7, 11) is -4.49. The first-order chi connectivity index (χ1) is 11.0. The molecular formula is C14H19F3N2O3S2. The Morgan fingerprint density at radius 1 is 1.46 bits per heavy atom. The van der Waals surface area contributed by atoms with Crippen molar-refractivity contribution in [2.24, 2.45) is 5.14 Å². The van der Waals surface area contributed by atoms with Gasteiger partial charge in [0.1, 0.15) is 0 Å². The molecule has 0 amide bonds. The third-order valence-electron chi connectivity index (χ3n) is 4.00. The summed E-state index contributed by atoms with van der Waals surface area (Å²) in [5.41, 5.74) is -2.22. The Labute approximate surface area is 142 Å². The van der Waals surface area contributed by atoms with Gasteiger partial charge < -0.3 is 10.4 Å². The number of aliphatic hydroxyl groups is 1. The number of nitrogens with two attached hydrogens (primary N) is 1. The largest absolute Gasteiger partial charge is 0.417 e. The second-order valence-electron chi connectivity index (χ2n) is 5.69. The number of thioether (sulfide) groups is 1. The zero-order chi connectivity index (χ0) is 18.2. The number of sulfonamides is 1. The Kier molecular flexibility index (Phi) is 5.43. The van der Waals surface area contributed by atoms with Crippen molar-refractivity contribution in [3.05, 3.63) is 23.8 Å². The molecule has 1 aliphatic rings. The average molecular weight is 384 g/mol. The molecule has 2 unspecified atom stereocenters. The SMILES string of the molecule is CCSC1CCC1(O)CNc1ccc(S(N)(=O)=O)c(C(F)(F)F)c1. The molecule has 0 aromatic heterocycles. The highest BCUT2D eigenvalue weighted by Crippen LogP contribution is 2.41. The minimum Gasteiger partial charge on any atom is -0.387 e. The number of anilines is 1. The standard InChI is InChI=1S/C14H19F3N2O3S2/c1-2-23-12-5-6-13(12,20)8-19-9-3-4-11(24(18,21)22)10(7-9)14(15,16)17/h3-4,7,12,19-20H,2,5-6,8H2,1H3,(H2,18,21,22). The van der Waals surface area contributed by atoms with Gasteiger partial charge in [0.2, 0.25) is 10.0 Å². The highest BCUT2D eigenvalue weighted by molar-refractivity contribution is 8.00. The first kappa shape index (κ1) is 19.4. The molecule has 0 aliphatic heterocycles. The summed E-state index contributed by atoms with van der Waals surface area (Å²) >= 11 is 1.61. The molecular weight excluding hydrogens is 365 g/mol. The first-order valence-electron chi connectivity index (χ1n) is 7.29. The second kappa shape index (κ2) is 6.74. The monoisotopic (exact) mass is 384 g/mol. The predicted molar refractivity (Wildman–Crippen MR) is 87.4 cm³/mol. The van der Waals surface area contributed by atoms with Crippen molar-refractivity contribution in [2.75, 3.05) is 17.6 Å². The number of nitrogens with one attached hydrogen (secondary N) is 1. The molecule has 0 spiro atoms. The van der Waals surface area contributed by atoms with Crippen molar-refractivity contribution < 1.29 is 26.7 Å². The molecule has 1 saturated carbocycles. The van der Waals surface area contributed by atoms with E-state index in [9.17, 15) is 26.7 Å². The molecule has 0 radical (unpaired) electrons. The predicted octanol–water partition coefficient (Wildman–Crippen LogP) is 2.41. The lowest BCUT2D eigenvalue weighted by atomic mass is 9.79. The molecule has 1 aromatic carbocycles. The van der Waals surface area contributed by atoms with E-state index in [2.05, 4.69) is 5.32 Å². The number of hydrogen-bond acceptors (Lipinski definition) is 5. The second-order valence-corrected chi connectivity index (χ2v) is 8.70. The number of benzene rings is 1. The molecule has 24 heavy (non-hydrogen) atoms. The van der Waals surface area contributed by atoms with Gasteiger partial charge in [-0.2, -0.15) is 24.9 Å². The maximum Gasteiger partial charge on any atom is 0.417 e. The van der Waals surface area contributed by atoms with E-state index in [0.29, 0.717) is 12.5 Å². The molecule has 0 heterocycles. The minimum atomic E-state index is -4.85. The fourth-order valence-corrected chi connectivity index (χ4v) is 4.54. The molecule has 1 fully saturated rings. The lowest BCUT2D eigenvalue weighted by molar-refractivity contribution is -0.139. The Balaban J connectivity index is 2.21. The van der Waals surface area contributed by atoms with Crippen molar-refractivity contribution in [2.45, 2.75) is 41.7 Å². The summed E-state index contributed by atoms with van der Waals surface area (Å²) in [5.74, 6) is 0.842. The molecule has 136 valence electrons. The van der Waals surface area contributed by atoms with E-state index in [4.69, 9.17) is 5.14 Å². The topological polar surface area (TPSA) is 92.4 Å². The van der Waals surface area contributed by atoms with Gasteiger partial charge in [0, 0.05) is 17.5 Å². The van der Waals surface area contributed by atoms with Crippen molar-refractivity contribution >= 4 is 27.5 Å². The van der Waals surface area contributed by atoms with Gasteiger partial charge in [-0.15, -0.1) is 0 Å². The Hall–Kier alpha value is -0.970. The number of rotatable bonds is 6. The van der Waals surface area contributed by atoms with Crippen LogP contribution in [0.4, 0.5) is 18.9 Å². The zero-order valence-corrected chi connectivity index (χ0v) is 14.6. The van der Waals surface area contributed by atoms with Crippen LogP contribution in [0.25, 0.3) is 0 Å². The highest BCUT2D eigenvalue weighted by atomic mass is 32.2. The van der Waals surface area contributed by atoms with Crippen LogP contribution in [-0.2, 0) is 16.2 Å². The number of hydrogen-bond donors (Lipinski definition) is 3. The molecule has 0 saturated heterocycles. The fraction of sp³-hybridized carbons (Fsp3) is 0.571. The summed E-state index contributed by atoms with van der Waals surface area (Å²) in [5, 5.41) is 18.1. The maximum absolute atomic E-state index is 13.1. The lowest BCUT2D eigenvalue weighted by Gasteiger charge is -2.45. The maximum atomic E-state index is 13.1. The Bertz CT molecular complexity index is 710. The molecule has 0 bridgehead atoms. The van der Waals surface area contributed by atoms with Gasteiger partial charge in [0.15, 0.2) is 0 Å². The van der Waals surface area contributed by atoms with Gasteiger partial charge in [-0.3, -0.25) is 0 Å². The molecule has 2 rings (SSSR count). The molecule has 1 aromatic rings. The van der Waals surface area contributed by atoms with Crippen molar-refractivity contribution in [1.29, 1.82) is 0 Å². The van der Waals surface area contributed by atoms with Crippen LogP contribution in [0.3, 0.4) is 0 Å². The van der Waals surface area contributed by atoms with Gasteiger partial charge in [0.25, 0.3) is 0 Å². The summed E-state index contributed by atoms with van der Waals surface area (Å²) in [6.45, 7) is 2.06. The van der Waals surface area contributed by atoms with Gasteiger partial charge in [-0.1, -0.05) is 6.92 Å². The lowest BCUT2D eigenvalue weighted by Crippen LogP contribution is -2.54. The number of alkyl halides is 3. The number of halogens is 3. The summed E-state index contributed by atoms with van der Waals surface area (Å²) in [4.78, 5) is -0.970. The van der Waals surface area contributed by atoms with Crippen molar-refractivity contribution in [1.82, 2.24) is 0 Å². The summed E-state index contributed by atoms with van der Waals surface area (Å²) in [6.07, 6.45) is -3.43. The third kappa shape index (κ3) is 4.16. The van der Waals surface area contributed by atoms with E-state index < -0.39 is 32.3 Å². The smallest absolute Gasteiger partial charge is 0.387 e. The number of primary sulfonamides is 1. The molecule has 5 nitrogen and oxygen atoms in total. The fourth-order valence-electron chi connectivity index (χ4n) is 2.60. The highest BCUT2D eigenvalue weighted by Gasteiger charge is 2.45. The van der Waals surface area contributed by atoms with Gasteiger partial charge in [-0.05, 0) is 36.8 Å². The van der Waals surface area contributed by atoms with E-state index in [1.807, 2.05) is 6.92 Å². The van der Waals surface area contributed by atoms with Crippen LogP contribution in [0, 0.1) is 0 Å². The van der Waals surface area contributed by atoms with Gasteiger partial charge in [-0.25, -0.2) is 13.6 Å². The van der Waals surface area contributed by atoms with Crippen LogP contribution in [-0.4, -0.2) is 36.7 Å². The van der Waals surface area contributed by atoms with Gasteiger partial charge in [0.05, 0.1) is 16.1 Å². The van der Waals surface area contributed by atoms with Crippen LogP contribution in [0.15, 0.2) is 23.1 Å². The quantitative estimate of drug-likeness (QED) is 0.701. The minimum absolute atomic E-state index is 0.0424. The summed E-state index contributed by atoms with van der Waals surface area (Å²) < 4.78 is 61.8. The van der Waals surface area contributed by atoms with E-state index in [0.717, 1.165) is 18.2 Å². The van der Waals surface area contributed by atoms with Crippen LogP contribution in [0.1, 0.15) is 25.3 Å². The van der Waals surface area contributed by atoms with Crippen LogP contribution < -0.4 is 10.5 Å². The molecule has 4 N–H and O–H groups in total. The molecule has 1 aliphatic carbocycles. The normalized spacial score (nSPS) is 24.5. The van der Waals surface area contributed by atoms with Gasteiger partial charge >= 0.3 is 6.18 Å². The van der Waals surface area contributed by atoms with Crippen molar-refractivity contribution in [3.8, 4) is 0 Å². The average Bonchev–Trinajstić information content (AvgIpc) is 2.47. The third-order valence-corrected chi connectivity index (χ3v) is 6.38. The van der Waals surface area contributed by atoms with E-state index >= 15 is 0 Å². The van der Waals surface area contributed by atoms with Crippen LogP contribution in [0.5, 0.6) is 0 Å². The zero-order valence-electron chi connectivity index (χ0n) is 12.9. The van der Waals surface area contributed by atoms with Crippen LogP contribution in [0.2, 0.25) is 0 Å². The Morgan fingerprint density at radius 2 is 2.12 bits per heavy atom. The Morgan fingerprint density at radius 3 is 2.58 bits per heavy atom.